The van der Waals surface area contributed by atoms with Crippen molar-refractivity contribution in [3.8, 4) is 11.5 Å². The zero-order chi connectivity index (χ0) is 24.5. The number of carbonyl (C=O) groups excluding carboxylic acids is 2. The van der Waals surface area contributed by atoms with E-state index in [1.165, 1.54) is 0 Å². The molecule has 3 heterocycles. The Hall–Kier alpha value is -3.52. The molecule has 2 amide bonds. The first kappa shape index (κ1) is 23.2. The van der Waals surface area contributed by atoms with Crippen LogP contribution in [0.15, 0.2) is 42.5 Å². The van der Waals surface area contributed by atoms with Gasteiger partial charge in [0, 0.05) is 48.3 Å². The van der Waals surface area contributed by atoms with Crippen LogP contribution in [0.1, 0.15) is 36.2 Å². The maximum absolute atomic E-state index is 13.7. The summed E-state index contributed by atoms with van der Waals surface area (Å²) >= 11 is 0. The van der Waals surface area contributed by atoms with Gasteiger partial charge in [-0.1, -0.05) is 30.3 Å². The highest BCUT2D eigenvalue weighted by Crippen LogP contribution is 2.46. The molecule has 0 bridgehead atoms. The highest BCUT2D eigenvalue weighted by molar-refractivity contribution is 5.97. The topological polar surface area (TPSA) is 84.1 Å². The predicted molar refractivity (Wildman–Crippen MR) is 132 cm³/mol. The van der Waals surface area contributed by atoms with E-state index in [1.807, 2.05) is 43.3 Å². The minimum atomic E-state index is -0.587. The average Bonchev–Trinajstić information content (AvgIpc) is 3.26. The zero-order valence-electron chi connectivity index (χ0n) is 20.4. The highest BCUT2D eigenvalue weighted by Gasteiger charge is 2.48. The fourth-order valence-corrected chi connectivity index (χ4v) is 5.47. The summed E-state index contributed by atoms with van der Waals surface area (Å²) in [5.74, 6) is 1.04. The summed E-state index contributed by atoms with van der Waals surface area (Å²) in [7, 11) is 3.19. The Morgan fingerprint density at radius 1 is 1.06 bits per heavy atom. The third-order valence-electron chi connectivity index (χ3n) is 6.99. The van der Waals surface area contributed by atoms with Crippen molar-refractivity contribution < 1.29 is 23.8 Å². The molecule has 0 aliphatic carbocycles. The Kier molecular flexibility index (Phi) is 6.38. The fourth-order valence-electron chi connectivity index (χ4n) is 5.47. The van der Waals surface area contributed by atoms with Crippen molar-refractivity contribution in [1.82, 2.24) is 14.8 Å². The van der Waals surface area contributed by atoms with E-state index in [0.29, 0.717) is 44.1 Å². The van der Waals surface area contributed by atoms with Crippen molar-refractivity contribution in [2.45, 2.75) is 31.8 Å². The maximum Gasteiger partial charge on any atom is 0.246 e. The lowest BCUT2D eigenvalue weighted by Crippen LogP contribution is -2.63. The number of rotatable bonds is 8. The number of fused-ring (bicyclic) bond motifs is 4. The van der Waals surface area contributed by atoms with Crippen LogP contribution in [0.3, 0.4) is 0 Å². The number of nitrogens with one attached hydrogen (secondary N) is 1. The first-order valence-electron chi connectivity index (χ1n) is 12.1. The lowest BCUT2D eigenvalue weighted by molar-refractivity contribution is -0.158. The van der Waals surface area contributed by atoms with E-state index in [1.54, 1.807) is 24.0 Å². The van der Waals surface area contributed by atoms with Crippen molar-refractivity contribution in [2.75, 3.05) is 40.5 Å². The number of para-hydroxylation sites is 2. The first-order valence-corrected chi connectivity index (χ1v) is 12.1. The number of ether oxygens (including phenoxy) is 3. The Morgan fingerprint density at radius 2 is 1.89 bits per heavy atom. The third-order valence-corrected chi connectivity index (χ3v) is 6.99. The quantitative estimate of drug-likeness (QED) is 0.504. The minimum Gasteiger partial charge on any atom is -0.493 e. The molecular weight excluding hydrogens is 446 g/mol. The van der Waals surface area contributed by atoms with Crippen LogP contribution in [-0.2, 0) is 20.7 Å². The number of carbonyl (C=O) groups is 2. The standard InChI is InChI=1S/C27H31N3O5/c1-4-35-14-8-13-29-16-23(31)30-21(27(29)32)15-19-17-9-5-6-11-20(17)28-24(19)25(30)18-10-7-12-22(33-2)26(18)34-3/h5-7,9-12,21,25,28H,4,8,13-16H2,1-3H3. The fraction of sp³-hybridized carbons (Fsp3) is 0.407. The van der Waals surface area contributed by atoms with Gasteiger partial charge in [0.15, 0.2) is 11.5 Å². The minimum absolute atomic E-state index is 0.0242. The molecule has 2 aromatic carbocycles. The summed E-state index contributed by atoms with van der Waals surface area (Å²) in [6.07, 6.45) is 1.17. The number of methoxy groups -OCH3 is 2. The number of nitrogens with zero attached hydrogens (tertiary/aromatic N) is 2. The lowest BCUT2D eigenvalue weighted by Gasteiger charge is -2.47. The van der Waals surface area contributed by atoms with Crippen molar-refractivity contribution in [1.29, 1.82) is 0 Å². The van der Waals surface area contributed by atoms with Crippen LogP contribution in [0.5, 0.6) is 11.5 Å². The van der Waals surface area contributed by atoms with Crippen molar-refractivity contribution >= 4 is 22.7 Å². The van der Waals surface area contributed by atoms with Crippen LogP contribution < -0.4 is 9.47 Å². The predicted octanol–water partition coefficient (Wildman–Crippen LogP) is 3.30. The van der Waals surface area contributed by atoms with Gasteiger partial charge in [0.2, 0.25) is 11.8 Å². The molecule has 0 saturated carbocycles. The van der Waals surface area contributed by atoms with Crippen LogP contribution >= 0.6 is 0 Å². The molecule has 0 spiro atoms. The van der Waals surface area contributed by atoms with Crippen molar-refractivity contribution in [3.05, 3.63) is 59.3 Å². The van der Waals surface area contributed by atoms with E-state index >= 15 is 0 Å². The van der Waals surface area contributed by atoms with Gasteiger partial charge < -0.3 is 29.0 Å². The van der Waals surface area contributed by atoms with Crippen LogP contribution in [0.25, 0.3) is 10.9 Å². The lowest BCUT2D eigenvalue weighted by atomic mass is 9.85. The Bertz CT molecular complexity index is 1250. The number of aromatic nitrogens is 1. The number of hydrogen-bond acceptors (Lipinski definition) is 5. The molecule has 2 atom stereocenters. The summed E-state index contributed by atoms with van der Waals surface area (Å²) < 4.78 is 16.8. The van der Waals surface area contributed by atoms with Gasteiger partial charge in [-0.2, -0.15) is 0 Å². The molecular formula is C27H31N3O5. The molecule has 2 unspecified atom stereocenters. The molecule has 2 aliphatic rings. The zero-order valence-corrected chi connectivity index (χ0v) is 20.4. The molecule has 1 N–H and O–H groups in total. The molecule has 1 aromatic heterocycles. The summed E-state index contributed by atoms with van der Waals surface area (Å²) in [5.41, 5.74) is 3.75. The number of benzene rings is 2. The van der Waals surface area contributed by atoms with Crippen LogP contribution in [-0.4, -0.2) is 73.2 Å². The number of amides is 2. The van der Waals surface area contributed by atoms with Gasteiger partial charge in [0.05, 0.1) is 20.8 Å². The monoisotopic (exact) mass is 477 g/mol. The van der Waals surface area contributed by atoms with Crippen molar-refractivity contribution in [3.63, 3.8) is 0 Å². The van der Waals surface area contributed by atoms with Crippen LogP contribution in [0.2, 0.25) is 0 Å². The summed E-state index contributed by atoms with van der Waals surface area (Å²) in [6.45, 7) is 3.71. The van der Waals surface area contributed by atoms with Gasteiger partial charge in [-0.25, -0.2) is 0 Å². The molecule has 5 rings (SSSR count). The summed E-state index contributed by atoms with van der Waals surface area (Å²) in [5, 5.41) is 1.07. The molecule has 35 heavy (non-hydrogen) atoms. The maximum atomic E-state index is 13.7. The second kappa shape index (κ2) is 9.62. The highest BCUT2D eigenvalue weighted by atomic mass is 16.5. The molecule has 2 aliphatic heterocycles. The molecule has 0 radical (unpaired) electrons. The van der Waals surface area contributed by atoms with Gasteiger partial charge in [-0.05, 0) is 31.0 Å². The van der Waals surface area contributed by atoms with E-state index in [0.717, 1.165) is 27.7 Å². The smallest absolute Gasteiger partial charge is 0.246 e. The van der Waals surface area contributed by atoms with E-state index < -0.39 is 12.1 Å². The molecule has 184 valence electrons. The van der Waals surface area contributed by atoms with Gasteiger partial charge in [-0.3, -0.25) is 9.59 Å². The number of piperazine rings is 1. The molecule has 8 heteroatoms. The summed E-state index contributed by atoms with van der Waals surface area (Å²) in [6, 6.07) is 12.6. The first-order chi connectivity index (χ1) is 17.1. The van der Waals surface area contributed by atoms with E-state index in [9.17, 15) is 9.59 Å². The number of aromatic amines is 1. The number of hydrogen-bond donors (Lipinski definition) is 1. The van der Waals surface area contributed by atoms with Gasteiger partial charge in [0.1, 0.15) is 12.1 Å². The van der Waals surface area contributed by atoms with Gasteiger partial charge >= 0.3 is 0 Å². The Balaban J connectivity index is 1.62. The molecule has 1 fully saturated rings. The molecule has 3 aromatic rings. The average molecular weight is 478 g/mol. The van der Waals surface area contributed by atoms with E-state index in [4.69, 9.17) is 14.2 Å². The number of H-pyrrole nitrogens is 1. The third kappa shape index (κ3) is 3.91. The molecule has 8 nitrogen and oxygen atoms in total. The van der Waals surface area contributed by atoms with Gasteiger partial charge in [-0.15, -0.1) is 0 Å². The Morgan fingerprint density at radius 3 is 2.66 bits per heavy atom. The van der Waals surface area contributed by atoms with Crippen LogP contribution in [0, 0.1) is 0 Å². The second-order valence-corrected chi connectivity index (χ2v) is 8.88. The second-order valence-electron chi connectivity index (χ2n) is 8.88. The van der Waals surface area contributed by atoms with E-state index in [2.05, 4.69) is 11.1 Å². The molecule has 1 saturated heterocycles. The van der Waals surface area contributed by atoms with Crippen molar-refractivity contribution in [2.24, 2.45) is 0 Å². The van der Waals surface area contributed by atoms with E-state index in [-0.39, 0.29) is 18.4 Å². The largest absolute Gasteiger partial charge is 0.493 e. The summed E-state index contributed by atoms with van der Waals surface area (Å²) in [4.78, 5) is 34.3. The SMILES string of the molecule is CCOCCCN1CC(=O)N2C(Cc3c([nH]c4ccccc34)C2c2cccc(OC)c2OC)C1=O. The Labute approximate surface area is 204 Å². The van der Waals surface area contributed by atoms with Gasteiger partial charge in [0.25, 0.3) is 0 Å². The van der Waals surface area contributed by atoms with Crippen LogP contribution in [0.4, 0.5) is 0 Å². The normalized spacial score (nSPS) is 19.6.